The smallest absolute Gasteiger partial charge is 0.422 e. The van der Waals surface area contributed by atoms with Crippen LogP contribution in [-0.4, -0.2) is 35.6 Å². The third-order valence-electron chi connectivity index (χ3n) is 4.32. The molecular formula is C18H16ClF3N2O2. The number of nitrogens with zero attached hydrogens (tertiary/aromatic N) is 2. The number of pyridine rings is 1. The van der Waals surface area contributed by atoms with Crippen LogP contribution in [0.1, 0.15) is 33.9 Å². The predicted molar refractivity (Wildman–Crippen MR) is 90.4 cm³/mol. The van der Waals surface area contributed by atoms with Crippen molar-refractivity contribution in [1.82, 2.24) is 9.88 Å². The Kier molecular flexibility index (Phi) is 5.09. The number of benzene rings is 1. The van der Waals surface area contributed by atoms with Gasteiger partial charge in [-0.2, -0.15) is 13.2 Å². The molecule has 1 heterocycles. The third kappa shape index (κ3) is 3.93. The number of alkyl halides is 3. The van der Waals surface area contributed by atoms with E-state index in [0.717, 1.165) is 18.4 Å². The average molecular weight is 385 g/mol. The Balaban J connectivity index is 1.75. The van der Waals surface area contributed by atoms with Crippen LogP contribution in [0.15, 0.2) is 36.5 Å². The number of hydrogen-bond acceptors (Lipinski definition) is 3. The summed E-state index contributed by atoms with van der Waals surface area (Å²) in [6.45, 7) is -1.49. The normalized spacial score (nSPS) is 16.3. The van der Waals surface area contributed by atoms with Crippen molar-refractivity contribution in [2.75, 3.05) is 13.7 Å². The van der Waals surface area contributed by atoms with E-state index in [1.54, 1.807) is 11.9 Å². The van der Waals surface area contributed by atoms with Crippen molar-refractivity contribution < 1.29 is 22.7 Å². The Morgan fingerprint density at radius 2 is 2.12 bits per heavy atom. The molecule has 1 unspecified atom stereocenters. The molecule has 2 aromatic rings. The third-order valence-corrected chi connectivity index (χ3v) is 4.59. The Labute approximate surface area is 153 Å². The lowest BCUT2D eigenvalue weighted by molar-refractivity contribution is -0.154. The lowest BCUT2D eigenvalue weighted by Gasteiger charge is -2.25. The molecule has 0 saturated carbocycles. The fourth-order valence-corrected chi connectivity index (χ4v) is 3.30. The van der Waals surface area contributed by atoms with E-state index in [-0.39, 0.29) is 28.4 Å². The number of fused-ring (bicyclic) bond motifs is 1. The first-order valence-electron chi connectivity index (χ1n) is 7.96. The second-order valence-corrected chi connectivity index (χ2v) is 6.49. The molecule has 0 radical (unpaired) electrons. The van der Waals surface area contributed by atoms with Gasteiger partial charge in [0, 0.05) is 13.2 Å². The van der Waals surface area contributed by atoms with Crippen LogP contribution in [-0.2, 0) is 6.42 Å². The molecule has 1 aromatic carbocycles. The van der Waals surface area contributed by atoms with E-state index in [9.17, 15) is 18.0 Å². The summed E-state index contributed by atoms with van der Waals surface area (Å²) >= 11 is 5.92. The van der Waals surface area contributed by atoms with Gasteiger partial charge in [0.05, 0.1) is 11.6 Å². The van der Waals surface area contributed by atoms with Gasteiger partial charge >= 0.3 is 6.18 Å². The molecule has 138 valence electrons. The molecule has 26 heavy (non-hydrogen) atoms. The summed E-state index contributed by atoms with van der Waals surface area (Å²) in [6, 6.07) is 9.15. The summed E-state index contributed by atoms with van der Waals surface area (Å²) in [5.74, 6) is -0.655. The molecule has 0 bridgehead atoms. The monoisotopic (exact) mass is 384 g/mol. The number of rotatable bonds is 4. The Morgan fingerprint density at radius 3 is 2.81 bits per heavy atom. The average Bonchev–Trinajstić information content (AvgIpc) is 3.02. The van der Waals surface area contributed by atoms with Crippen molar-refractivity contribution in [2.24, 2.45) is 0 Å². The number of aromatic nitrogens is 1. The quantitative estimate of drug-likeness (QED) is 0.782. The minimum atomic E-state index is -4.49. The van der Waals surface area contributed by atoms with Crippen molar-refractivity contribution in [2.45, 2.75) is 25.1 Å². The second kappa shape index (κ2) is 7.15. The van der Waals surface area contributed by atoms with Gasteiger partial charge in [0.2, 0.25) is 5.88 Å². The van der Waals surface area contributed by atoms with Crippen molar-refractivity contribution in [3.05, 3.63) is 58.2 Å². The largest absolute Gasteiger partial charge is 0.467 e. The number of aryl methyl sites for hydroxylation is 1. The summed E-state index contributed by atoms with van der Waals surface area (Å²) in [6.07, 6.45) is -1.61. The zero-order chi connectivity index (χ0) is 18.9. The first-order chi connectivity index (χ1) is 12.3. The molecule has 0 spiro atoms. The number of amides is 1. The molecule has 0 fully saturated rings. The molecule has 0 N–H and O–H groups in total. The maximum Gasteiger partial charge on any atom is 0.422 e. The zero-order valence-electron chi connectivity index (χ0n) is 13.9. The molecule has 0 saturated heterocycles. The van der Waals surface area contributed by atoms with Crippen LogP contribution >= 0.6 is 11.6 Å². The second-order valence-electron chi connectivity index (χ2n) is 6.08. The van der Waals surface area contributed by atoms with Crippen LogP contribution in [0.5, 0.6) is 5.88 Å². The number of halogens is 4. The van der Waals surface area contributed by atoms with Gasteiger partial charge in [-0.3, -0.25) is 4.79 Å². The van der Waals surface area contributed by atoms with Crippen LogP contribution in [0.25, 0.3) is 0 Å². The van der Waals surface area contributed by atoms with Crippen LogP contribution in [0.3, 0.4) is 0 Å². The maximum atomic E-state index is 12.7. The summed E-state index contributed by atoms with van der Waals surface area (Å²) in [4.78, 5) is 18.1. The Hall–Kier alpha value is -2.28. The lowest BCUT2D eigenvalue weighted by atomic mass is 10.1. The van der Waals surface area contributed by atoms with Crippen LogP contribution < -0.4 is 4.74 Å². The minimum absolute atomic E-state index is 0.0568. The van der Waals surface area contributed by atoms with Gasteiger partial charge in [-0.05, 0) is 30.0 Å². The summed E-state index contributed by atoms with van der Waals surface area (Å²) in [7, 11) is 1.69. The van der Waals surface area contributed by atoms with Crippen molar-refractivity contribution in [1.29, 1.82) is 0 Å². The Bertz CT molecular complexity index is 826. The molecule has 1 aromatic heterocycles. The van der Waals surface area contributed by atoms with E-state index < -0.39 is 12.8 Å². The molecule has 1 atom stereocenters. The molecule has 1 aliphatic carbocycles. The van der Waals surface area contributed by atoms with Crippen molar-refractivity contribution in [3.63, 3.8) is 0 Å². The van der Waals surface area contributed by atoms with Crippen molar-refractivity contribution >= 4 is 17.5 Å². The topological polar surface area (TPSA) is 42.4 Å². The van der Waals surface area contributed by atoms with E-state index in [1.165, 1.54) is 17.8 Å². The van der Waals surface area contributed by atoms with E-state index in [0.29, 0.717) is 0 Å². The van der Waals surface area contributed by atoms with E-state index >= 15 is 0 Å². The number of carbonyl (C=O) groups is 1. The van der Waals surface area contributed by atoms with Crippen molar-refractivity contribution in [3.8, 4) is 5.88 Å². The summed E-state index contributed by atoms with van der Waals surface area (Å²) < 4.78 is 41.2. The molecule has 1 aliphatic rings. The van der Waals surface area contributed by atoms with Gasteiger partial charge in [0.25, 0.3) is 5.91 Å². The van der Waals surface area contributed by atoms with Gasteiger partial charge in [-0.25, -0.2) is 4.98 Å². The first kappa shape index (κ1) is 18.5. The van der Waals surface area contributed by atoms with Crippen LogP contribution in [0.2, 0.25) is 5.02 Å². The maximum absolute atomic E-state index is 12.7. The molecular weight excluding hydrogens is 369 g/mol. The predicted octanol–water partition coefficient (Wildman–Crippen LogP) is 4.44. The fraction of sp³-hybridized carbons (Fsp3) is 0.333. The first-order valence-corrected chi connectivity index (χ1v) is 8.34. The van der Waals surface area contributed by atoms with Gasteiger partial charge in [0.15, 0.2) is 6.61 Å². The number of ether oxygens (including phenoxy) is 1. The molecule has 3 rings (SSSR count). The van der Waals surface area contributed by atoms with E-state index in [4.69, 9.17) is 11.6 Å². The highest BCUT2D eigenvalue weighted by atomic mass is 35.5. The Morgan fingerprint density at radius 1 is 1.38 bits per heavy atom. The van der Waals surface area contributed by atoms with Gasteiger partial charge in [-0.1, -0.05) is 35.9 Å². The SMILES string of the molecule is CN(C(=O)c1cnc(OCC(F)(F)F)c(Cl)c1)C1CCc2ccccc21. The highest BCUT2D eigenvalue weighted by Gasteiger charge is 2.31. The highest BCUT2D eigenvalue weighted by molar-refractivity contribution is 6.32. The molecule has 1 amide bonds. The highest BCUT2D eigenvalue weighted by Crippen LogP contribution is 2.35. The number of hydrogen-bond donors (Lipinski definition) is 0. The molecule has 0 aliphatic heterocycles. The molecule has 8 heteroatoms. The van der Waals surface area contributed by atoms with Crippen LogP contribution in [0, 0.1) is 0 Å². The summed E-state index contributed by atoms with van der Waals surface area (Å²) in [5.41, 5.74) is 2.51. The minimum Gasteiger partial charge on any atom is -0.467 e. The van der Waals surface area contributed by atoms with E-state index in [1.807, 2.05) is 24.3 Å². The van der Waals surface area contributed by atoms with Gasteiger partial charge in [-0.15, -0.1) is 0 Å². The van der Waals surface area contributed by atoms with Gasteiger partial charge in [0.1, 0.15) is 5.02 Å². The molecule has 4 nitrogen and oxygen atoms in total. The fourth-order valence-electron chi connectivity index (χ4n) is 3.08. The number of carbonyl (C=O) groups excluding carboxylic acids is 1. The summed E-state index contributed by atoms with van der Waals surface area (Å²) in [5, 5.41) is -0.139. The zero-order valence-corrected chi connectivity index (χ0v) is 14.6. The van der Waals surface area contributed by atoms with E-state index in [2.05, 4.69) is 9.72 Å². The van der Waals surface area contributed by atoms with Gasteiger partial charge < -0.3 is 9.64 Å². The lowest BCUT2D eigenvalue weighted by Crippen LogP contribution is -2.30. The van der Waals surface area contributed by atoms with Crippen LogP contribution in [0.4, 0.5) is 13.2 Å². The standard InChI is InChI=1S/C18H16ClF3N2O2/c1-24(15-7-6-11-4-2-3-5-13(11)15)17(25)12-8-14(19)16(23-9-12)26-10-18(20,21)22/h2-5,8-9,15H,6-7,10H2,1H3.